The van der Waals surface area contributed by atoms with E-state index in [1.165, 1.54) is 6.20 Å². The number of hydrogen-bond donors (Lipinski definition) is 1. The first-order valence-corrected chi connectivity index (χ1v) is 7.64. The molecule has 0 unspecified atom stereocenters. The van der Waals surface area contributed by atoms with E-state index in [-0.39, 0.29) is 0 Å². The lowest BCUT2D eigenvalue weighted by Gasteiger charge is -2.03. The maximum atomic E-state index is 11.5. The van der Waals surface area contributed by atoms with E-state index < -0.39 is 0 Å². The fourth-order valence-corrected chi connectivity index (χ4v) is 3.03. The Labute approximate surface area is 134 Å². The first kappa shape index (κ1) is 15.3. The number of rotatable bonds is 5. The quantitative estimate of drug-likeness (QED) is 0.566. The molecular formula is C17H21N4O2+. The third-order valence-electron chi connectivity index (χ3n) is 4.06. The van der Waals surface area contributed by atoms with Gasteiger partial charge in [-0.05, 0) is 25.1 Å². The molecule has 2 aromatic heterocycles. The number of nitrogens with two attached hydrogens (primary N) is 1. The molecule has 0 saturated heterocycles. The number of pyridine rings is 1. The molecule has 3 rings (SSSR count). The Morgan fingerprint density at radius 2 is 2.13 bits per heavy atom. The summed E-state index contributed by atoms with van der Waals surface area (Å²) < 4.78 is 10.5. The van der Waals surface area contributed by atoms with Crippen LogP contribution in [0.15, 0.2) is 42.7 Å². The zero-order valence-electron chi connectivity index (χ0n) is 13.4. The molecule has 2 heterocycles. The average Bonchev–Trinajstić information content (AvgIpc) is 2.86. The van der Waals surface area contributed by atoms with Gasteiger partial charge in [-0.3, -0.25) is 0 Å². The summed E-state index contributed by atoms with van der Waals surface area (Å²) in [6.07, 6.45) is 3.07. The first-order chi connectivity index (χ1) is 11.2. The molecule has 0 radical (unpaired) electrons. The standard InChI is InChI=1S/C17H21N4O2/c1-3-20-15-7-6-14(23-2)9-16(15)21(17(20)10-18)12-13-5-4-8-19(22)11-13/h4-9,11H,3,10,12,18H2,1-2H3/q+1. The van der Waals surface area contributed by atoms with Gasteiger partial charge in [0.25, 0.3) is 5.82 Å². The van der Waals surface area contributed by atoms with Crippen molar-refractivity contribution >= 4 is 11.0 Å². The van der Waals surface area contributed by atoms with Gasteiger partial charge in [0.1, 0.15) is 12.3 Å². The predicted octanol–water partition coefficient (Wildman–Crippen LogP) is 1.10. The number of aryl methyl sites for hydroxylation is 1. The SMILES string of the molecule is CC[n+]1c(CN)n(Cc2ccc[n+]([O-])c2)c2cc(OC)ccc21. The Hall–Kier alpha value is -2.60. The van der Waals surface area contributed by atoms with E-state index in [0.29, 0.717) is 13.1 Å². The number of imidazole rings is 1. The monoisotopic (exact) mass is 313 g/mol. The van der Waals surface area contributed by atoms with E-state index in [1.807, 2.05) is 24.3 Å². The minimum Gasteiger partial charge on any atom is -0.619 e. The maximum Gasteiger partial charge on any atom is 0.271 e. The lowest BCUT2D eigenvalue weighted by molar-refractivity contribution is -0.676. The summed E-state index contributed by atoms with van der Waals surface area (Å²) in [7, 11) is 1.66. The molecule has 1 aromatic carbocycles. The van der Waals surface area contributed by atoms with Crippen LogP contribution < -0.4 is 19.8 Å². The average molecular weight is 313 g/mol. The Kier molecular flexibility index (Phi) is 4.16. The van der Waals surface area contributed by atoms with Crippen molar-refractivity contribution in [3.05, 3.63) is 59.3 Å². The van der Waals surface area contributed by atoms with Crippen molar-refractivity contribution in [2.24, 2.45) is 5.73 Å². The van der Waals surface area contributed by atoms with Gasteiger partial charge in [0, 0.05) is 12.1 Å². The normalized spacial score (nSPS) is 11.1. The number of aromatic nitrogens is 3. The second-order valence-corrected chi connectivity index (χ2v) is 5.38. The number of benzene rings is 1. The van der Waals surface area contributed by atoms with Crippen LogP contribution in [0.5, 0.6) is 5.75 Å². The minimum absolute atomic E-state index is 0.426. The van der Waals surface area contributed by atoms with Crippen molar-refractivity contribution in [1.82, 2.24) is 4.57 Å². The first-order valence-electron chi connectivity index (χ1n) is 7.64. The predicted molar refractivity (Wildman–Crippen MR) is 86.8 cm³/mol. The highest BCUT2D eigenvalue weighted by Gasteiger charge is 2.24. The highest BCUT2D eigenvalue weighted by Crippen LogP contribution is 2.22. The van der Waals surface area contributed by atoms with Crippen molar-refractivity contribution < 1.29 is 14.0 Å². The van der Waals surface area contributed by atoms with Crippen LogP contribution in [0.25, 0.3) is 11.0 Å². The van der Waals surface area contributed by atoms with Gasteiger partial charge in [0.2, 0.25) is 0 Å². The van der Waals surface area contributed by atoms with Gasteiger partial charge in [-0.25, -0.2) is 9.13 Å². The highest BCUT2D eigenvalue weighted by molar-refractivity contribution is 5.74. The largest absolute Gasteiger partial charge is 0.619 e. The zero-order valence-corrected chi connectivity index (χ0v) is 13.4. The molecule has 0 fully saturated rings. The van der Waals surface area contributed by atoms with Gasteiger partial charge in [0.05, 0.1) is 25.8 Å². The van der Waals surface area contributed by atoms with E-state index in [1.54, 1.807) is 19.4 Å². The summed E-state index contributed by atoms with van der Waals surface area (Å²) >= 11 is 0. The molecule has 0 aliphatic carbocycles. The molecule has 0 spiro atoms. The van der Waals surface area contributed by atoms with Crippen molar-refractivity contribution in [3.63, 3.8) is 0 Å². The second kappa shape index (κ2) is 6.26. The van der Waals surface area contributed by atoms with Crippen molar-refractivity contribution in [2.75, 3.05) is 7.11 Å². The molecule has 23 heavy (non-hydrogen) atoms. The molecule has 6 nitrogen and oxygen atoms in total. The number of ether oxygens (including phenoxy) is 1. The van der Waals surface area contributed by atoms with Gasteiger partial charge < -0.3 is 15.7 Å². The molecule has 0 aliphatic heterocycles. The summed E-state index contributed by atoms with van der Waals surface area (Å²) in [4.78, 5) is 0. The minimum atomic E-state index is 0.426. The van der Waals surface area contributed by atoms with E-state index >= 15 is 0 Å². The van der Waals surface area contributed by atoms with E-state index in [2.05, 4.69) is 16.1 Å². The molecule has 120 valence electrons. The number of nitrogens with zero attached hydrogens (tertiary/aromatic N) is 3. The van der Waals surface area contributed by atoms with Crippen molar-refractivity contribution in [2.45, 2.75) is 26.6 Å². The second-order valence-electron chi connectivity index (χ2n) is 5.38. The van der Waals surface area contributed by atoms with Crippen LogP contribution >= 0.6 is 0 Å². The van der Waals surface area contributed by atoms with Gasteiger partial charge in [0.15, 0.2) is 23.4 Å². The summed E-state index contributed by atoms with van der Waals surface area (Å²) in [6, 6.07) is 9.70. The van der Waals surface area contributed by atoms with Gasteiger partial charge in [-0.1, -0.05) is 0 Å². The summed E-state index contributed by atoms with van der Waals surface area (Å²) in [5, 5.41) is 11.5. The number of fused-ring (bicyclic) bond motifs is 1. The topological polar surface area (TPSA) is 71.0 Å². The van der Waals surface area contributed by atoms with Crippen LogP contribution in [0.3, 0.4) is 0 Å². The lowest BCUT2D eigenvalue weighted by atomic mass is 10.2. The fourth-order valence-electron chi connectivity index (χ4n) is 3.03. The Balaban J connectivity index is 2.20. The van der Waals surface area contributed by atoms with Gasteiger partial charge in [-0.2, -0.15) is 4.73 Å². The maximum absolute atomic E-state index is 11.5. The molecule has 0 bridgehead atoms. The molecule has 0 saturated carbocycles. The third kappa shape index (κ3) is 2.73. The molecule has 0 atom stereocenters. The summed E-state index contributed by atoms with van der Waals surface area (Å²) in [5.41, 5.74) is 9.10. The van der Waals surface area contributed by atoms with E-state index in [0.717, 1.165) is 39.4 Å². The Morgan fingerprint density at radius 1 is 1.30 bits per heavy atom. The van der Waals surface area contributed by atoms with Crippen LogP contribution in [0.4, 0.5) is 0 Å². The van der Waals surface area contributed by atoms with E-state index in [9.17, 15) is 5.21 Å². The lowest BCUT2D eigenvalue weighted by Crippen LogP contribution is -2.38. The highest BCUT2D eigenvalue weighted by atomic mass is 16.5. The van der Waals surface area contributed by atoms with Crippen LogP contribution in [0.2, 0.25) is 0 Å². The van der Waals surface area contributed by atoms with Crippen LogP contribution in [0, 0.1) is 5.21 Å². The van der Waals surface area contributed by atoms with Crippen molar-refractivity contribution in [3.8, 4) is 5.75 Å². The summed E-state index contributed by atoms with van der Waals surface area (Å²) in [6.45, 7) is 3.95. The molecule has 0 amide bonds. The number of hydrogen-bond acceptors (Lipinski definition) is 3. The smallest absolute Gasteiger partial charge is 0.271 e. The molecular weight excluding hydrogens is 292 g/mol. The molecule has 3 aromatic rings. The van der Waals surface area contributed by atoms with E-state index in [4.69, 9.17) is 10.5 Å². The number of methoxy groups -OCH3 is 1. The van der Waals surface area contributed by atoms with Gasteiger partial charge in [-0.15, -0.1) is 0 Å². The fraction of sp³-hybridized carbons (Fsp3) is 0.294. The van der Waals surface area contributed by atoms with Crippen LogP contribution in [-0.2, 0) is 19.6 Å². The van der Waals surface area contributed by atoms with Crippen LogP contribution in [-0.4, -0.2) is 11.7 Å². The van der Waals surface area contributed by atoms with Gasteiger partial charge >= 0.3 is 0 Å². The Morgan fingerprint density at radius 3 is 2.78 bits per heavy atom. The molecule has 2 N–H and O–H groups in total. The van der Waals surface area contributed by atoms with Crippen molar-refractivity contribution in [1.29, 1.82) is 0 Å². The molecule has 0 aliphatic rings. The molecule has 6 heteroatoms. The zero-order chi connectivity index (χ0) is 16.4. The third-order valence-corrected chi connectivity index (χ3v) is 4.06. The Bertz CT molecular complexity index is 842. The summed E-state index contributed by atoms with van der Waals surface area (Å²) in [5.74, 6) is 1.83. The van der Waals surface area contributed by atoms with Crippen LogP contribution in [0.1, 0.15) is 18.3 Å².